The van der Waals surface area contributed by atoms with Gasteiger partial charge in [0.1, 0.15) is 5.69 Å². The van der Waals surface area contributed by atoms with E-state index in [0.717, 1.165) is 0 Å². The summed E-state index contributed by atoms with van der Waals surface area (Å²) in [7, 11) is 8.74. The van der Waals surface area contributed by atoms with Gasteiger partial charge in [-0.15, -0.1) is 0 Å². The molecule has 0 aliphatic carbocycles. The molecular weight excluding hydrogens is 572 g/mol. The molecule has 0 saturated carbocycles. The van der Waals surface area contributed by atoms with Gasteiger partial charge in [0, 0.05) is 29.4 Å². The fourth-order valence-corrected chi connectivity index (χ4v) is 4.84. The van der Waals surface area contributed by atoms with Crippen LogP contribution in [0.2, 0.25) is 0 Å². The van der Waals surface area contributed by atoms with E-state index < -0.39 is 17.8 Å². The Balaban J connectivity index is 2.16. The van der Waals surface area contributed by atoms with Gasteiger partial charge in [0.25, 0.3) is 5.56 Å². The lowest BCUT2D eigenvalue weighted by atomic mass is 9.95. The number of carbonyl (C=O) groups excluding carboxylic acids is 1. The van der Waals surface area contributed by atoms with Gasteiger partial charge in [0.2, 0.25) is 5.75 Å². The van der Waals surface area contributed by atoms with Gasteiger partial charge in [-0.1, -0.05) is 0 Å². The SMILES string of the molecule is COCCOC(C)Oc1cc2c(=O)n(-c3ccc(N)cc3)c(C(=O)OC)c(-c3cc(OC)c(OC)c(OC)c3)c2cc1OC. The zero-order chi connectivity index (χ0) is 32.0. The number of nitrogen functional groups attached to an aromatic ring is 1. The van der Waals surface area contributed by atoms with Crippen LogP contribution in [0.15, 0.2) is 53.3 Å². The molecule has 4 aromatic rings. The Hall–Kier alpha value is -4.94. The smallest absolute Gasteiger partial charge is 0.355 e. The second kappa shape index (κ2) is 14.0. The van der Waals surface area contributed by atoms with Gasteiger partial charge in [-0.2, -0.15) is 0 Å². The van der Waals surface area contributed by atoms with E-state index in [1.807, 2.05) is 0 Å². The molecule has 234 valence electrons. The number of hydrogen-bond donors (Lipinski definition) is 1. The van der Waals surface area contributed by atoms with Gasteiger partial charge in [-0.05, 0) is 61.0 Å². The van der Waals surface area contributed by atoms with Crippen LogP contribution in [-0.2, 0) is 14.2 Å². The van der Waals surface area contributed by atoms with Crippen LogP contribution in [0.1, 0.15) is 17.4 Å². The van der Waals surface area contributed by atoms with Crippen LogP contribution in [0.3, 0.4) is 0 Å². The number of rotatable bonds is 13. The van der Waals surface area contributed by atoms with Crippen molar-refractivity contribution in [3.8, 4) is 45.6 Å². The van der Waals surface area contributed by atoms with E-state index in [-0.39, 0.29) is 16.8 Å². The number of hydrogen-bond acceptors (Lipinski definition) is 11. The summed E-state index contributed by atoms with van der Waals surface area (Å²) in [6.45, 7) is 2.39. The summed E-state index contributed by atoms with van der Waals surface area (Å²) in [5.41, 5.74) is 7.07. The number of nitrogens with two attached hydrogens (primary N) is 1. The summed E-state index contributed by atoms with van der Waals surface area (Å²) in [4.78, 5) is 28.0. The van der Waals surface area contributed by atoms with Crippen LogP contribution >= 0.6 is 0 Å². The Morgan fingerprint density at radius 1 is 0.795 bits per heavy atom. The normalized spacial score (nSPS) is 11.6. The van der Waals surface area contributed by atoms with Crippen LogP contribution in [0.4, 0.5) is 5.69 Å². The maximum absolute atomic E-state index is 14.3. The van der Waals surface area contributed by atoms with Crippen molar-refractivity contribution in [3.05, 3.63) is 64.6 Å². The molecule has 12 nitrogen and oxygen atoms in total. The van der Waals surface area contributed by atoms with Gasteiger partial charge < -0.3 is 43.6 Å². The largest absolute Gasteiger partial charge is 0.493 e. The Morgan fingerprint density at radius 3 is 1.95 bits per heavy atom. The van der Waals surface area contributed by atoms with E-state index in [1.54, 1.807) is 62.6 Å². The Bertz CT molecular complexity index is 1670. The molecule has 0 aliphatic heterocycles. The van der Waals surface area contributed by atoms with Crippen molar-refractivity contribution >= 4 is 22.4 Å². The Labute approximate surface area is 254 Å². The number of nitrogens with zero attached hydrogens (tertiary/aromatic N) is 1. The minimum Gasteiger partial charge on any atom is -0.493 e. The number of aromatic nitrogens is 1. The van der Waals surface area contributed by atoms with Crippen molar-refractivity contribution < 1.29 is 42.7 Å². The predicted molar refractivity (Wildman–Crippen MR) is 165 cm³/mol. The molecular formula is C32H36N2O10. The number of carbonyl (C=O) groups is 1. The van der Waals surface area contributed by atoms with Crippen molar-refractivity contribution in [1.29, 1.82) is 0 Å². The molecule has 0 radical (unpaired) electrons. The van der Waals surface area contributed by atoms with E-state index in [4.69, 9.17) is 43.6 Å². The minimum absolute atomic E-state index is 0.0453. The highest BCUT2D eigenvalue weighted by Crippen LogP contribution is 2.45. The van der Waals surface area contributed by atoms with Crippen LogP contribution in [0.25, 0.3) is 27.6 Å². The molecule has 0 bridgehead atoms. The van der Waals surface area contributed by atoms with Gasteiger partial charge in [-0.3, -0.25) is 9.36 Å². The molecule has 0 fully saturated rings. The summed E-state index contributed by atoms with van der Waals surface area (Å²) in [5, 5.41) is 0.603. The number of pyridine rings is 1. The summed E-state index contributed by atoms with van der Waals surface area (Å²) >= 11 is 0. The van der Waals surface area contributed by atoms with Crippen molar-refractivity contribution in [1.82, 2.24) is 4.57 Å². The lowest BCUT2D eigenvalue weighted by Gasteiger charge is -2.22. The van der Waals surface area contributed by atoms with E-state index in [9.17, 15) is 9.59 Å². The van der Waals surface area contributed by atoms with E-state index in [1.165, 1.54) is 40.1 Å². The molecule has 4 rings (SSSR count). The number of ether oxygens (including phenoxy) is 8. The molecule has 12 heteroatoms. The first-order chi connectivity index (χ1) is 21.2. The summed E-state index contributed by atoms with van der Waals surface area (Å²) < 4.78 is 45.7. The zero-order valence-electron chi connectivity index (χ0n) is 25.7. The molecule has 1 atom stereocenters. The van der Waals surface area contributed by atoms with Crippen molar-refractivity contribution in [3.63, 3.8) is 0 Å². The first kappa shape index (κ1) is 32.0. The highest BCUT2D eigenvalue weighted by atomic mass is 16.7. The summed E-state index contributed by atoms with van der Waals surface area (Å²) in [6, 6.07) is 13.1. The van der Waals surface area contributed by atoms with Crippen LogP contribution < -0.4 is 35.0 Å². The van der Waals surface area contributed by atoms with E-state index in [2.05, 4.69) is 0 Å². The van der Waals surface area contributed by atoms with E-state index in [0.29, 0.717) is 64.1 Å². The number of methoxy groups -OCH3 is 6. The molecule has 1 aromatic heterocycles. The fourth-order valence-electron chi connectivity index (χ4n) is 4.84. The quantitative estimate of drug-likeness (QED) is 0.0997. The van der Waals surface area contributed by atoms with E-state index >= 15 is 0 Å². The monoisotopic (exact) mass is 608 g/mol. The standard InChI is InChI=1S/C32H36N2O10/c1-18(43-13-12-37-2)44-25-17-23-22(16-24(25)38-3)28(19-14-26(39-4)30(41-6)27(15-19)40-5)29(32(36)42-7)34(31(23)35)21-10-8-20(33)9-11-21/h8-11,14-18H,12-13,33H2,1-7H3. The number of benzene rings is 3. The molecule has 3 aromatic carbocycles. The number of esters is 1. The second-order valence-electron chi connectivity index (χ2n) is 9.46. The number of anilines is 1. The third-order valence-electron chi connectivity index (χ3n) is 6.88. The van der Waals surface area contributed by atoms with Crippen molar-refractivity contribution in [2.24, 2.45) is 0 Å². The molecule has 0 spiro atoms. The molecule has 1 heterocycles. The molecule has 1 unspecified atom stereocenters. The first-order valence-corrected chi connectivity index (χ1v) is 13.5. The Morgan fingerprint density at radius 2 is 1.41 bits per heavy atom. The van der Waals surface area contributed by atoms with Crippen molar-refractivity contribution in [2.45, 2.75) is 13.2 Å². The van der Waals surface area contributed by atoms with Crippen LogP contribution in [0.5, 0.6) is 28.7 Å². The van der Waals surface area contributed by atoms with Crippen molar-refractivity contribution in [2.75, 3.05) is 61.6 Å². The summed E-state index contributed by atoms with van der Waals surface area (Å²) in [6.07, 6.45) is -0.695. The molecule has 44 heavy (non-hydrogen) atoms. The highest BCUT2D eigenvalue weighted by molar-refractivity contribution is 6.08. The first-order valence-electron chi connectivity index (χ1n) is 13.5. The zero-order valence-corrected chi connectivity index (χ0v) is 25.7. The highest BCUT2D eigenvalue weighted by Gasteiger charge is 2.28. The lowest BCUT2D eigenvalue weighted by Crippen LogP contribution is -2.27. The average molecular weight is 609 g/mol. The molecule has 2 N–H and O–H groups in total. The topological polar surface area (TPSA) is 139 Å². The molecule has 0 aliphatic rings. The van der Waals surface area contributed by atoms with Gasteiger partial charge in [0.05, 0.1) is 54.1 Å². The molecule has 0 saturated heterocycles. The Kier molecular flexibility index (Phi) is 10.2. The third-order valence-corrected chi connectivity index (χ3v) is 6.88. The van der Waals surface area contributed by atoms with Gasteiger partial charge in [-0.25, -0.2) is 4.79 Å². The van der Waals surface area contributed by atoms with Crippen LogP contribution in [0, 0.1) is 0 Å². The maximum atomic E-state index is 14.3. The van der Waals surface area contributed by atoms with Crippen LogP contribution in [-0.4, -0.2) is 72.7 Å². The minimum atomic E-state index is -0.760. The lowest BCUT2D eigenvalue weighted by molar-refractivity contribution is -0.0803. The predicted octanol–water partition coefficient (Wildman–Crippen LogP) is 4.45. The maximum Gasteiger partial charge on any atom is 0.355 e. The fraction of sp³-hybridized carbons (Fsp3) is 0.312. The molecule has 0 amide bonds. The van der Waals surface area contributed by atoms with Gasteiger partial charge in [0.15, 0.2) is 29.3 Å². The average Bonchev–Trinajstić information content (AvgIpc) is 3.04. The third kappa shape index (κ3) is 6.21. The van der Waals surface area contributed by atoms with Gasteiger partial charge >= 0.3 is 5.97 Å². The summed E-state index contributed by atoms with van der Waals surface area (Å²) in [5.74, 6) is 0.825. The number of fused-ring (bicyclic) bond motifs is 1. The second-order valence-corrected chi connectivity index (χ2v) is 9.46.